The number of carbonyl (C=O) groups is 1. The van der Waals surface area contributed by atoms with Gasteiger partial charge in [-0.2, -0.15) is 0 Å². The van der Waals surface area contributed by atoms with E-state index in [2.05, 4.69) is 35.8 Å². The molecule has 2 aromatic rings. The molecular weight excluding hydrogens is 260 g/mol. The highest BCUT2D eigenvalue weighted by Gasteiger charge is 2.23. The molecule has 1 heterocycles. The zero-order valence-corrected chi connectivity index (χ0v) is 12.2. The van der Waals surface area contributed by atoms with Gasteiger partial charge < -0.3 is 10.6 Å². The lowest BCUT2D eigenvalue weighted by molar-refractivity contribution is -0.122. The van der Waals surface area contributed by atoms with Crippen LogP contribution in [0.3, 0.4) is 0 Å². The van der Waals surface area contributed by atoms with Crippen molar-refractivity contribution >= 4 is 11.6 Å². The Morgan fingerprint density at radius 3 is 2.95 bits per heavy atom. The molecule has 0 saturated carbocycles. The van der Waals surface area contributed by atoms with E-state index >= 15 is 0 Å². The number of para-hydroxylation sites is 1. The number of benzene rings is 2. The normalized spacial score (nSPS) is 16.7. The number of carbonyl (C=O) groups excluding carboxylic acids is 1. The molecule has 1 atom stereocenters. The minimum absolute atomic E-state index is 0.0750. The van der Waals surface area contributed by atoms with Crippen molar-refractivity contribution in [3.8, 4) is 0 Å². The van der Waals surface area contributed by atoms with Crippen LogP contribution >= 0.6 is 0 Å². The summed E-state index contributed by atoms with van der Waals surface area (Å²) in [4.78, 5) is 12.3. The van der Waals surface area contributed by atoms with Gasteiger partial charge in [-0.15, -0.1) is 0 Å². The molecule has 0 fully saturated rings. The number of amides is 1. The third-order valence-corrected chi connectivity index (χ3v) is 3.92. The molecule has 3 heteroatoms. The third-order valence-electron chi connectivity index (χ3n) is 3.92. The standard InChI is InChI=1S/C18H20N2O/c1-13-5-4-6-14(11-13)12-19-18(21)17-10-9-15-7-2-3-8-16(15)20-17/h2-8,11,17,20H,9-10,12H2,1H3,(H,19,21). The molecule has 21 heavy (non-hydrogen) atoms. The predicted molar refractivity (Wildman–Crippen MR) is 85.2 cm³/mol. The van der Waals surface area contributed by atoms with Crippen molar-refractivity contribution in [2.24, 2.45) is 0 Å². The Bertz CT molecular complexity index is 651. The molecule has 1 aliphatic heterocycles. The number of fused-ring (bicyclic) bond motifs is 1. The van der Waals surface area contributed by atoms with Crippen LogP contribution in [0.5, 0.6) is 0 Å². The Kier molecular flexibility index (Phi) is 3.91. The smallest absolute Gasteiger partial charge is 0.242 e. The minimum atomic E-state index is -0.135. The van der Waals surface area contributed by atoms with Gasteiger partial charge in [-0.1, -0.05) is 48.0 Å². The topological polar surface area (TPSA) is 41.1 Å². The molecule has 3 nitrogen and oxygen atoms in total. The molecule has 2 aromatic carbocycles. The Balaban J connectivity index is 1.59. The van der Waals surface area contributed by atoms with Gasteiger partial charge in [0.15, 0.2) is 0 Å². The first-order chi connectivity index (χ1) is 10.2. The zero-order valence-electron chi connectivity index (χ0n) is 12.2. The van der Waals surface area contributed by atoms with Crippen LogP contribution in [0.1, 0.15) is 23.1 Å². The summed E-state index contributed by atoms with van der Waals surface area (Å²) in [5.41, 5.74) is 4.73. The number of aryl methyl sites for hydroxylation is 2. The molecular formula is C18H20N2O. The highest BCUT2D eigenvalue weighted by molar-refractivity contribution is 5.85. The van der Waals surface area contributed by atoms with E-state index in [0.29, 0.717) is 6.54 Å². The van der Waals surface area contributed by atoms with E-state index in [-0.39, 0.29) is 11.9 Å². The third kappa shape index (κ3) is 3.24. The highest BCUT2D eigenvalue weighted by atomic mass is 16.2. The summed E-state index contributed by atoms with van der Waals surface area (Å²) in [7, 11) is 0. The number of hydrogen-bond donors (Lipinski definition) is 2. The van der Waals surface area contributed by atoms with Crippen LogP contribution in [0.4, 0.5) is 5.69 Å². The number of rotatable bonds is 3. The second-order valence-electron chi connectivity index (χ2n) is 5.60. The van der Waals surface area contributed by atoms with E-state index in [0.717, 1.165) is 24.1 Å². The number of nitrogens with one attached hydrogen (secondary N) is 2. The van der Waals surface area contributed by atoms with Gasteiger partial charge in [0.25, 0.3) is 0 Å². The summed E-state index contributed by atoms with van der Waals surface area (Å²) in [6, 6.07) is 16.3. The largest absolute Gasteiger partial charge is 0.373 e. The van der Waals surface area contributed by atoms with Crippen LogP contribution in [0.2, 0.25) is 0 Å². The van der Waals surface area contributed by atoms with Crippen molar-refractivity contribution in [1.29, 1.82) is 0 Å². The molecule has 2 N–H and O–H groups in total. The van der Waals surface area contributed by atoms with Crippen molar-refractivity contribution in [3.63, 3.8) is 0 Å². The van der Waals surface area contributed by atoms with Crippen LogP contribution in [0, 0.1) is 6.92 Å². The Hall–Kier alpha value is -2.29. The molecule has 0 radical (unpaired) electrons. The summed E-state index contributed by atoms with van der Waals surface area (Å²) in [6.45, 7) is 2.64. The molecule has 3 rings (SSSR count). The van der Waals surface area contributed by atoms with E-state index in [1.165, 1.54) is 11.1 Å². The summed E-state index contributed by atoms with van der Waals surface area (Å²) < 4.78 is 0. The van der Waals surface area contributed by atoms with E-state index in [1.807, 2.05) is 30.3 Å². The molecule has 1 aliphatic rings. The van der Waals surface area contributed by atoms with Crippen molar-refractivity contribution in [3.05, 3.63) is 65.2 Å². The van der Waals surface area contributed by atoms with Crippen LogP contribution < -0.4 is 10.6 Å². The van der Waals surface area contributed by atoms with Crippen molar-refractivity contribution < 1.29 is 4.79 Å². The molecule has 1 amide bonds. The van der Waals surface area contributed by atoms with Crippen LogP contribution in [0.15, 0.2) is 48.5 Å². The first-order valence-electron chi connectivity index (χ1n) is 7.40. The van der Waals surface area contributed by atoms with E-state index in [9.17, 15) is 4.79 Å². The van der Waals surface area contributed by atoms with E-state index in [1.54, 1.807) is 0 Å². The Labute approximate surface area is 125 Å². The Morgan fingerprint density at radius 1 is 1.24 bits per heavy atom. The summed E-state index contributed by atoms with van der Waals surface area (Å²) >= 11 is 0. The maximum absolute atomic E-state index is 12.3. The summed E-state index contributed by atoms with van der Waals surface area (Å²) in [5, 5.41) is 6.36. The quantitative estimate of drug-likeness (QED) is 0.907. The zero-order chi connectivity index (χ0) is 14.7. The van der Waals surface area contributed by atoms with Gasteiger partial charge in [0.1, 0.15) is 6.04 Å². The summed E-state index contributed by atoms with van der Waals surface area (Å²) in [5.74, 6) is 0.0750. The lowest BCUT2D eigenvalue weighted by Crippen LogP contribution is -2.41. The molecule has 0 saturated heterocycles. The lowest BCUT2D eigenvalue weighted by Gasteiger charge is -2.26. The van der Waals surface area contributed by atoms with Gasteiger partial charge in [-0.3, -0.25) is 4.79 Å². The van der Waals surface area contributed by atoms with Gasteiger partial charge in [-0.25, -0.2) is 0 Å². The lowest BCUT2D eigenvalue weighted by atomic mass is 9.97. The van der Waals surface area contributed by atoms with Crippen molar-refractivity contribution in [2.45, 2.75) is 32.4 Å². The van der Waals surface area contributed by atoms with Gasteiger partial charge >= 0.3 is 0 Å². The van der Waals surface area contributed by atoms with Crippen molar-refractivity contribution in [2.75, 3.05) is 5.32 Å². The maximum Gasteiger partial charge on any atom is 0.242 e. The SMILES string of the molecule is Cc1cccc(CNC(=O)C2CCc3ccccc3N2)c1. The molecule has 108 valence electrons. The molecule has 0 spiro atoms. The number of anilines is 1. The van der Waals surface area contributed by atoms with E-state index < -0.39 is 0 Å². The predicted octanol–water partition coefficient (Wildman–Crippen LogP) is 3.04. The minimum Gasteiger partial charge on any atom is -0.373 e. The van der Waals surface area contributed by atoms with Crippen LogP contribution in [-0.2, 0) is 17.8 Å². The van der Waals surface area contributed by atoms with Crippen LogP contribution in [-0.4, -0.2) is 11.9 Å². The first-order valence-corrected chi connectivity index (χ1v) is 7.40. The van der Waals surface area contributed by atoms with E-state index in [4.69, 9.17) is 0 Å². The average Bonchev–Trinajstić information content (AvgIpc) is 2.52. The fourth-order valence-electron chi connectivity index (χ4n) is 2.77. The number of hydrogen-bond acceptors (Lipinski definition) is 2. The monoisotopic (exact) mass is 280 g/mol. The van der Waals surface area contributed by atoms with Gasteiger partial charge in [-0.05, 0) is 37.0 Å². The molecule has 0 bridgehead atoms. The fourth-order valence-corrected chi connectivity index (χ4v) is 2.77. The van der Waals surface area contributed by atoms with Crippen molar-refractivity contribution in [1.82, 2.24) is 5.32 Å². The Morgan fingerprint density at radius 2 is 2.10 bits per heavy atom. The summed E-state index contributed by atoms with van der Waals surface area (Å²) in [6.07, 6.45) is 1.79. The van der Waals surface area contributed by atoms with Crippen LogP contribution in [0.25, 0.3) is 0 Å². The van der Waals surface area contributed by atoms with Gasteiger partial charge in [0.05, 0.1) is 0 Å². The highest BCUT2D eigenvalue weighted by Crippen LogP contribution is 2.24. The second-order valence-corrected chi connectivity index (χ2v) is 5.60. The second kappa shape index (κ2) is 6.00. The van der Waals surface area contributed by atoms with Gasteiger partial charge in [0, 0.05) is 12.2 Å². The molecule has 1 unspecified atom stereocenters. The average molecular weight is 280 g/mol. The first kappa shape index (κ1) is 13.7. The van der Waals surface area contributed by atoms with Gasteiger partial charge in [0.2, 0.25) is 5.91 Å². The molecule has 0 aromatic heterocycles. The maximum atomic E-state index is 12.3. The molecule has 0 aliphatic carbocycles. The fraction of sp³-hybridized carbons (Fsp3) is 0.278.